The molecule has 1 rings (SSSR count). The van der Waals surface area contributed by atoms with Crippen LogP contribution in [0.2, 0.25) is 0 Å². The number of primary sulfonamides is 1. The SMILES string of the molecule is COc1ncccc1CNCCS(N)(=O)=O. The highest BCUT2D eigenvalue weighted by Gasteiger charge is 2.04. The van der Waals surface area contributed by atoms with Crippen molar-refractivity contribution in [2.24, 2.45) is 5.14 Å². The lowest BCUT2D eigenvalue weighted by Crippen LogP contribution is -2.27. The molecule has 0 radical (unpaired) electrons. The van der Waals surface area contributed by atoms with Gasteiger partial charge >= 0.3 is 0 Å². The molecule has 6 nitrogen and oxygen atoms in total. The van der Waals surface area contributed by atoms with Gasteiger partial charge in [0, 0.05) is 24.8 Å². The summed E-state index contributed by atoms with van der Waals surface area (Å²) >= 11 is 0. The lowest BCUT2D eigenvalue weighted by atomic mass is 10.2. The lowest BCUT2D eigenvalue weighted by molar-refractivity contribution is 0.391. The molecular formula is C9H15N3O3S. The van der Waals surface area contributed by atoms with E-state index in [0.29, 0.717) is 19.0 Å². The molecule has 3 N–H and O–H groups in total. The molecule has 0 saturated heterocycles. The molecule has 0 aliphatic rings. The summed E-state index contributed by atoms with van der Waals surface area (Å²) in [6, 6.07) is 3.65. The monoisotopic (exact) mass is 245 g/mol. The average molecular weight is 245 g/mol. The number of nitrogens with zero attached hydrogens (tertiary/aromatic N) is 1. The van der Waals surface area contributed by atoms with Gasteiger partial charge in [-0.15, -0.1) is 0 Å². The third-order valence-corrected chi connectivity index (χ3v) is 2.70. The molecule has 0 unspecified atom stereocenters. The molecule has 16 heavy (non-hydrogen) atoms. The summed E-state index contributed by atoms with van der Waals surface area (Å²) in [6.07, 6.45) is 1.63. The van der Waals surface area contributed by atoms with Gasteiger partial charge in [-0.1, -0.05) is 6.07 Å². The number of nitrogens with one attached hydrogen (secondary N) is 1. The van der Waals surface area contributed by atoms with Gasteiger partial charge in [0.1, 0.15) is 0 Å². The first kappa shape index (κ1) is 12.9. The average Bonchev–Trinajstić information content (AvgIpc) is 2.23. The van der Waals surface area contributed by atoms with Crippen LogP contribution in [-0.2, 0) is 16.6 Å². The van der Waals surface area contributed by atoms with Crippen molar-refractivity contribution in [2.75, 3.05) is 19.4 Å². The van der Waals surface area contributed by atoms with Gasteiger partial charge in [0.2, 0.25) is 15.9 Å². The maximum atomic E-state index is 10.7. The van der Waals surface area contributed by atoms with E-state index < -0.39 is 10.0 Å². The van der Waals surface area contributed by atoms with Crippen LogP contribution in [-0.4, -0.2) is 32.8 Å². The van der Waals surface area contributed by atoms with Crippen LogP contribution in [0.15, 0.2) is 18.3 Å². The van der Waals surface area contributed by atoms with E-state index in [0.717, 1.165) is 5.56 Å². The van der Waals surface area contributed by atoms with Gasteiger partial charge in [-0.3, -0.25) is 0 Å². The highest BCUT2D eigenvalue weighted by Crippen LogP contribution is 2.12. The summed E-state index contributed by atoms with van der Waals surface area (Å²) in [5, 5.41) is 7.82. The summed E-state index contributed by atoms with van der Waals surface area (Å²) in [6.45, 7) is 0.795. The maximum Gasteiger partial charge on any atom is 0.217 e. The summed E-state index contributed by atoms with van der Waals surface area (Å²) in [4.78, 5) is 4.02. The van der Waals surface area contributed by atoms with Crippen molar-refractivity contribution in [3.63, 3.8) is 0 Å². The Morgan fingerprint density at radius 1 is 1.56 bits per heavy atom. The Bertz CT molecular complexity index is 433. The fraction of sp³-hybridized carbons (Fsp3) is 0.444. The molecule has 0 spiro atoms. The van der Waals surface area contributed by atoms with Crippen LogP contribution in [0.1, 0.15) is 5.56 Å². The number of methoxy groups -OCH3 is 1. The van der Waals surface area contributed by atoms with E-state index in [1.54, 1.807) is 12.3 Å². The molecule has 90 valence electrons. The maximum absolute atomic E-state index is 10.7. The second-order valence-electron chi connectivity index (χ2n) is 3.22. The predicted octanol–water partition coefficient (Wildman–Crippen LogP) is -0.532. The van der Waals surface area contributed by atoms with Gasteiger partial charge in [0.15, 0.2) is 0 Å². The second-order valence-corrected chi connectivity index (χ2v) is 4.95. The zero-order valence-electron chi connectivity index (χ0n) is 9.01. The number of pyridine rings is 1. The molecule has 1 aromatic heterocycles. The number of nitrogens with two attached hydrogens (primary N) is 1. The third-order valence-electron chi connectivity index (χ3n) is 1.92. The normalized spacial score (nSPS) is 11.4. The Morgan fingerprint density at radius 3 is 2.94 bits per heavy atom. The van der Waals surface area contributed by atoms with Crippen molar-refractivity contribution in [3.8, 4) is 5.88 Å². The van der Waals surface area contributed by atoms with Crippen molar-refractivity contribution in [2.45, 2.75) is 6.54 Å². The summed E-state index contributed by atoms with van der Waals surface area (Å²) < 4.78 is 26.4. The smallest absolute Gasteiger partial charge is 0.217 e. The van der Waals surface area contributed by atoms with Crippen LogP contribution in [0.3, 0.4) is 0 Å². The molecule has 0 aromatic carbocycles. The minimum absolute atomic E-state index is 0.0877. The van der Waals surface area contributed by atoms with Gasteiger partial charge in [0.25, 0.3) is 0 Å². The van der Waals surface area contributed by atoms with Gasteiger partial charge in [-0.05, 0) is 6.07 Å². The molecule has 0 amide bonds. The molecule has 1 heterocycles. The Morgan fingerprint density at radius 2 is 2.31 bits per heavy atom. The molecule has 0 atom stereocenters. The zero-order chi connectivity index (χ0) is 12.0. The van der Waals surface area contributed by atoms with E-state index in [1.807, 2.05) is 6.07 Å². The number of sulfonamides is 1. The minimum atomic E-state index is -3.40. The lowest BCUT2D eigenvalue weighted by Gasteiger charge is -2.07. The second kappa shape index (κ2) is 5.78. The van der Waals surface area contributed by atoms with Gasteiger partial charge < -0.3 is 10.1 Å². The van der Waals surface area contributed by atoms with Crippen molar-refractivity contribution in [1.29, 1.82) is 0 Å². The first-order valence-electron chi connectivity index (χ1n) is 4.72. The molecule has 1 aromatic rings. The summed E-state index contributed by atoms with van der Waals surface area (Å²) in [7, 11) is -1.87. The van der Waals surface area contributed by atoms with E-state index in [4.69, 9.17) is 9.88 Å². The van der Waals surface area contributed by atoms with Crippen molar-refractivity contribution < 1.29 is 13.2 Å². The van der Waals surface area contributed by atoms with Crippen LogP contribution < -0.4 is 15.2 Å². The van der Waals surface area contributed by atoms with E-state index in [9.17, 15) is 8.42 Å². The van der Waals surface area contributed by atoms with E-state index in [-0.39, 0.29) is 5.75 Å². The van der Waals surface area contributed by atoms with Crippen molar-refractivity contribution >= 4 is 10.0 Å². The zero-order valence-corrected chi connectivity index (χ0v) is 9.83. The van der Waals surface area contributed by atoms with E-state index >= 15 is 0 Å². The van der Waals surface area contributed by atoms with Crippen LogP contribution in [0.4, 0.5) is 0 Å². The van der Waals surface area contributed by atoms with Gasteiger partial charge in [0.05, 0.1) is 12.9 Å². The van der Waals surface area contributed by atoms with Gasteiger partial charge in [-0.2, -0.15) is 0 Å². The molecule has 0 saturated carbocycles. The van der Waals surface area contributed by atoms with Crippen LogP contribution >= 0.6 is 0 Å². The number of hydrogen-bond acceptors (Lipinski definition) is 5. The number of aromatic nitrogens is 1. The number of rotatable bonds is 6. The first-order valence-corrected chi connectivity index (χ1v) is 6.43. The highest BCUT2D eigenvalue weighted by molar-refractivity contribution is 7.89. The van der Waals surface area contributed by atoms with Gasteiger partial charge in [-0.25, -0.2) is 18.5 Å². The Balaban J connectivity index is 2.43. The first-order chi connectivity index (χ1) is 7.53. The molecule has 0 aliphatic carbocycles. The number of hydrogen-bond donors (Lipinski definition) is 2. The molecule has 0 bridgehead atoms. The number of ether oxygens (including phenoxy) is 1. The van der Waals surface area contributed by atoms with Crippen LogP contribution in [0.25, 0.3) is 0 Å². The molecule has 7 heteroatoms. The largest absolute Gasteiger partial charge is 0.481 e. The topological polar surface area (TPSA) is 94.3 Å². The standard InChI is InChI=1S/C9H15N3O3S/c1-15-9-8(3-2-4-12-9)7-11-5-6-16(10,13)14/h2-4,11H,5-7H2,1H3,(H2,10,13,14). The molecule has 0 aliphatic heterocycles. The predicted molar refractivity (Wildman–Crippen MR) is 60.5 cm³/mol. The highest BCUT2D eigenvalue weighted by atomic mass is 32.2. The Kier molecular flexibility index (Phi) is 4.66. The van der Waals surface area contributed by atoms with Crippen molar-refractivity contribution in [3.05, 3.63) is 23.9 Å². The third kappa shape index (κ3) is 4.56. The van der Waals surface area contributed by atoms with Crippen LogP contribution in [0.5, 0.6) is 5.88 Å². The molecule has 0 fully saturated rings. The fourth-order valence-electron chi connectivity index (χ4n) is 1.18. The Labute approximate surface area is 94.9 Å². The van der Waals surface area contributed by atoms with Crippen molar-refractivity contribution in [1.82, 2.24) is 10.3 Å². The quantitative estimate of drug-likeness (QED) is 0.657. The fourth-order valence-corrected chi connectivity index (χ4v) is 1.61. The summed E-state index contributed by atoms with van der Waals surface area (Å²) in [5.74, 6) is 0.445. The molecular weight excluding hydrogens is 230 g/mol. The summed E-state index contributed by atoms with van der Waals surface area (Å²) in [5.41, 5.74) is 0.874. The van der Waals surface area contributed by atoms with Crippen LogP contribution in [0, 0.1) is 0 Å². The van der Waals surface area contributed by atoms with E-state index in [2.05, 4.69) is 10.3 Å². The van der Waals surface area contributed by atoms with E-state index in [1.165, 1.54) is 7.11 Å². The minimum Gasteiger partial charge on any atom is -0.481 e. The Hall–Kier alpha value is -1.18.